The van der Waals surface area contributed by atoms with Gasteiger partial charge in [0.05, 0.1) is 5.52 Å². The molecule has 1 heterocycles. The van der Waals surface area contributed by atoms with E-state index in [0.717, 1.165) is 28.0 Å². The second-order valence-corrected chi connectivity index (χ2v) is 5.37. The molecule has 3 aromatic rings. The third-order valence-electron chi connectivity index (χ3n) is 3.31. The van der Waals surface area contributed by atoms with Gasteiger partial charge in [0, 0.05) is 16.6 Å². The summed E-state index contributed by atoms with van der Waals surface area (Å²) in [6, 6.07) is 17.9. The maximum atomic E-state index is 5.84. The van der Waals surface area contributed by atoms with Gasteiger partial charge in [-0.25, -0.2) is 4.98 Å². The van der Waals surface area contributed by atoms with Gasteiger partial charge in [-0.15, -0.1) is 0 Å². The molecule has 1 aromatic heterocycles. The van der Waals surface area contributed by atoms with Crippen molar-refractivity contribution in [3.05, 3.63) is 65.7 Å². The van der Waals surface area contributed by atoms with Gasteiger partial charge in [-0.05, 0) is 31.2 Å². The van der Waals surface area contributed by atoms with Crippen LogP contribution in [0.2, 0.25) is 0 Å². The zero-order chi connectivity index (χ0) is 14.8. The average molecular weight is 293 g/mol. The van der Waals surface area contributed by atoms with Crippen LogP contribution in [0.5, 0.6) is 0 Å². The Labute approximate surface area is 128 Å². The molecule has 0 atom stereocenters. The molecule has 0 aliphatic heterocycles. The molecule has 0 saturated heterocycles. The van der Waals surface area contributed by atoms with Gasteiger partial charge in [-0.2, -0.15) is 0 Å². The van der Waals surface area contributed by atoms with Crippen LogP contribution in [0.25, 0.3) is 10.9 Å². The van der Waals surface area contributed by atoms with Gasteiger partial charge in [0.15, 0.2) is 0 Å². The van der Waals surface area contributed by atoms with E-state index in [0.29, 0.717) is 4.99 Å². The number of hydrogen-bond donors (Lipinski definition) is 2. The SMILES string of the molecule is Cc1ccc(Nc2cc(C(N)=S)c3ccccc3n2)cc1. The normalized spacial score (nSPS) is 10.5. The first kappa shape index (κ1) is 13.5. The molecular weight excluding hydrogens is 278 g/mol. The van der Waals surface area contributed by atoms with E-state index >= 15 is 0 Å². The number of pyridine rings is 1. The number of aryl methyl sites for hydroxylation is 1. The lowest BCUT2D eigenvalue weighted by molar-refractivity contribution is 1.36. The number of para-hydroxylation sites is 1. The highest BCUT2D eigenvalue weighted by molar-refractivity contribution is 7.80. The summed E-state index contributed by atoms with van der Waals surface area (Å²) in [6.45, 7) is 2.06. The fourth-order valence-electron chi connectivity index (χ4n) is 2.23. The van der Waals surface area contributed by atoms with Crippen molar-refractivity contribution in [1.82, 2.24) is 4.98 Å². The molecule has 0 unspecified atom stereocenters. The van der Waals surface area contributed by atoms with Crippen LogP contribution in [0.4, 0.5) is 11.5 Å². The molecule has 0 spiro atoms. The summed E-state index contributed by atoms with van der Waals surface area (Å²) in [5, 5.41) is 4.26. The van der Waals surface area contributed by atoms with E-state index in [1.807, 2.05) is 42.5 Å². The van der Waals surface area contributed by atoms with Crippen LogP contribution in [-0.4, -0.2) is 9.97 Å². The van der Waals surface area contributed by atoms with Crippen LogP contribution in [0, 0.1) is 6.92 Å². The average Bonchev–Trinajstić information content (AvgIpc) is 2.48. The highest BCUT2D eigenvalue weighted by atomic mass is 32.1. The summed E-state index contributed by atoms with van der Waals surface area (Å²) in [7, 11) is 0. The Morgan fingerprint density at radius 2 is 1.81 bits per heavy atom. The predicted octanol–water partition coefficient (Wildman–Crippen LogP) is 3.92. The first-order chi connectivity index (χ1) is 10.1. The lowest BCUT2D eigenvalue weighted by Gasteiger charge is -2.10. The summed E-state index contributed by atoms with van der Waals surface area (Å²) in [5.74, 6) is 0.736. The van der Waals surface area contributed by atoms with Crippen LogP contribution >= 0.6 is 12.2 Å². The fraction of sp³-hybridized carbons (Fsp3) is 0.0588. The second-order valence-electron chi connectivity index (χ2n) is 4.93. The van der Waals surface area contributed by atoms with E-state index in [1.54, 1.807) is 0 Å². The molecule has 0 radical (unpaired) electrons. The molecule has 2 aromatic carbocycles. The van der Waals surface area contributed by atoms with Crippen molar-refractivity contribution >= 4 is 39.6 Å². The number of fused-ring (bicyclic) bond motifs is 1. The molecule has 0 aliphatic carbocycles. The smallest absolute Gasteiger partial charge is 0.131 e. The number of thiocarbonyl (C=S) groups is 1. The Bertz CT molecular complexity index is 810. The van der Waals surface area contributed by atoms with Crippen LogP contribution in [0.1, 0.15) is 11.1 Å². The molecule has 21 heavy (non-hydrogen) atoms. The monoisotopic (exact) mass is 293 g/mol. The lowest BCUT2D eigenvalue weighted by atomic mass is 10.1. The molecule has 3 nitrogen and oxygen atoms in total. The third-order valence-corrected chi connectivity index (χ3v) is 3.53. The summed E-state index contributed by atoms with van der Waals surface area (Å²) >= 11 is 5.15. The molecular formula is C17H15N3S. The molecule has 104 valence electrons. The van der Waals surface area contributed by atoms with E-state index in [4.69, 9.17) is 18.0 Å². The molecule has 0 aliphatic rings. The Balaban J connectivity index is 2.06. The lowest BCUT2D eigenvalue weighted by Crippen LogP contribution is -2.11. The minimum absolute atomic E-state index is 0.376. The number of nitrogens with two attached hydrogens (primary N) is 1. The molecule has 3 rings (SSSR count). The van der Waals surface area contributed by atoms with Crippen molar-refractivity contribution in [2.75, 3.05) is 5.32 Å². The number of hydrogen-bond acceptors (Lipinski definition) is 3. The van der Waals surface area contributed by atoms with E-state index < -0.39 is 0 Å². The summed E-state index contributed by atoms with van der Waals surface area (Å²) in [4.78, 5) is 4.99. The minimum Gasteiger partial charge on any atom is -0.389 e. The zero-order valence-electron chi connectivity index (χ0n) is 11.6. The van der Waals surface area contributed by atoms with Crippen molar-refractivity contribution in [3.63, 3.8) is 0 Å². The van der Waals surface area contributed by atoms with E-state index in [1.165, 1.54) is 5.56 Å². The maximum Gasteiger partial charge on any atom is 0.131 e. The number of nitrogens with zero attached hydrogens (tertiary/aromatic N) is 1. The first-order valence-corrected chi connectivity index (χ1v) is 7.07. The maximum absolute atomic E-state index is 5.84. The van der Waals surface area contributed by atoms with Gasteiger partial charge in [0.1, 0.15) is 10.8 Å². The van der Waals surface area contributed by atoms with Gasteiger partial charge < -0.3 is 11.1 Å². The Morgan fingerprint density at radius 3 is 2.52 bits per heavy atom. The minimum atomic E-state index is 0.376. The van der Waals surface area contributed by atoms with Gasteiger partial charge in [-0.3, -0.25) is 0 Å². The summed E-state index contributed by atoms with van der Waals surface area (Å²) in [6.07, 6.45) is 0. The van der Waals surface area contributed by atoms with E-state index in [2.05, 4.69) is 29.4 Å². The Kier molecular flexibility index (Phi) is 3.54. The van der Waals surface area contributed by atoms with Crippen LogP contribution in [-0.2, 0) is 0 Å². The molecule has 4 heteroatoms. The van der Waals surface area contributed by atoms with Gasteiger partial charge in [0.2, 0.25) is 0 Å². The predicted molar refractivity (Wildman–Crippen MR) is 92.1 cm³/mol. The number of nitrogens with one attached hydrogen (secondary N) is 1. The Morgan fingerprint density at radius 1 is 1.10 bits per heavy atom. The topological polar surface area (TPSA) is 50.9 Å². The summed E-state index contributed by atoms with van der Waals surface area (Å²) < 4.78 is 0. The zero-order valence-corrected chi connectivity index (χ0v) is 12.4. The summed E-state index contributed by atoms with van der Waals surface area (Å²) in [5.41, 5.74) is 9.75. The Hall–Kier alpha value is -2.46. The highest BCUT2D eigenvalue weighted by Crippen LogP contribution is 2.23. The van der Waals surface area contributed by atoms with Gasteiger partial charge in [-0.1, -0.05) is 48.1 Å². The molecule has 0 bridgehead atoms. The third kappa shape index (κ3) is 2.85. The standard InChI is InChI=1S/C17H15N3S/c1-11-6-8-12(9-7-11)19-16-10-14(17(18)21)13-4-2-3-5-15(13)20-16/h2-10H,1H3,(H2,18,21)(H,19,20). The van der Waals surface area contributed by atoms with Crippen LogP contribution in [0.3, 0.4) is 0 Å². The molecule has 0 amide bonds. The van der Waals surface area contributed by atoms with Crippen molar-refractivity contribution in [2.45, 2.75) is 6.92 Å². The van der Waals surface area contributed by atoms with Gasteiger partial charge in [0.25, 0.3) is 0 Å². The van der Waals surface area contributed by atoms with Crippen molar-refractivity contribution in [2.24, 2.45) is 5.73 Å². The van der Waals surface area contributed by atoms with Crippen LogP contribution < -0.4 is 11.1 Å². The number of anilines is 2. The van der Waals surface area contributed by atoms with E-state index in [-0.39, 0.29) is 0 Å². The van der Waals surface area contributed by atoms with Crippen molar-refractivity contribution in [3.8, 4) is 0 Å². The van der Waals surface area contributed by atoms with Crippen molar-refractivity contribution < 1.29 is 0 Å². The highest BCUT2D eigenvalue weighted by Gasteiger charge is 2.07. The van der Waals surface area contributed by atoms with E-state index in [9.17, 15) is 0 Å². The molecule has 0 fully saturated rings. The van der Waals surface area contributed by atoms with Gasteiger partial charge >= 0.3 is 0 Å². The largest absolute Gasteiger partial charge is 0.389 e. The first-order valence-electron chi connectivity index (χ1n) is 6.67. The number of benzene rings is 2. The van der Waals surface area contributed by atoms with Crippen molar-refractivity contribution in [1.29, 1.82) is 0 Å². The second kappa shape index (κ2) is 5.50. The quantitative estimate of drug-likeness (QED) is 0.719. The number of rotatable bonds is 3. The fourth-order valence-corrected chi connectivity index (χ4v) is 2.40. The van der Waals surface area contributed by atoms with Crippen LogP contribution in [0.15, 0.2) is 54.6 Å². The molecule has 0 saturated carbocycles. The number of aromatic nitrogens is 1. The molecule has 3 N–H and O–H groups in total.